The van der Waals surface area contributed by atoms with Gasteiger partial charge in [0.1, 0.15) is 6.07 Å². The molecule has 0 saturated carbocycles. The summed E-state index contributed by atoms with van der Waals surface area (Å²) < 4.78 is 0.953. The molecule has 25 heavy (non-hydrogen) atoms. The molecule has 0 aromatic heterocycles. The molecule has 5 heteroatoms. The molecule has 3 aromatic rings. The third-order valence-corrected chi connectivity index (χ3v) is 5.14. The van der Waals surface area contributed by atoms with Crippen molar-refractivity contribution in [2.75, 3.05) is 5.32 Å². The highest BCUT2D eigenvalue weighted by Crippen LogP contribution is 2.33. The Kier molecular flexibility index (Phi) is 5.54. The molecule has 0 fully saturated rings. The van der Waals surface area contributed by atoms with Crippen LogP contribution in [-0.2, 0) is 0 Å². The summed E-state index contributed by atoms with van der Waals surface area (Å²) in [6.07, 6.45) is 0. The van der Waals surface area contributed by atoms with Gasteiger partial charge in [0.25, 0.3) is 5.91 Å². The predicted octanol–water partition coefficient (Wildman–Crippen LogP) is 5.72. The molecule has 0 spiro atoms. The van der Waals surface area contributed by atoms with E-state index in [0.717, 1.165) is 20.0 Å². The van der Waals surface area contributed by atoms with Crippen molar-refractivity contribution in [3.63, 3.8) is 0 Å². The van der Waals surface area contributed by atoms with Crippen molar-refractivity contribution >= 4 is 39.3 Å². The number of hydrogen-bond donors (Lipinski definition) is 1. The number of nitrogens with one attached hydrogen (secondary N) is 1. The van der Waals surface area contributed by atoms with Crippen LogP contribution in [0.4, 0.5) is 5.69 Å². The second-order valence-electron chi connectivity index (χ2n) is 5.17. The van der Waals surface area contributed by atoms with E-state index in [0.29, 0.717) is 11.1 Å². The number of halogens is 1. The van der Waals surface area contributed by atoms with Gasteiger partial charge in [-0.25, -0.2) is 0 Å². The summed E-state index contributed by atoms with van der Waals surface area (Å²) in [5.74, 6) is -0.181. The smallest absolute Gasteiger partial charge is 0.256 e. The van der Waals surface area contributed by atoms with Crippen LogP contribution in [0.3, 0.4) is 0 Å². The van der Waals surface area contributed by atoms with Crippen LogP contribution in [0.25, 0.3) is 0 Å². The van der Waals surface area contributed by atoms with E-state index in [1.165, 1.54) is 11.8 Å². The fourth-order valence-electron chi connectivity index (χ4n) is 2.24. The number of anilines is 1. The van der Waals surface area contributed by atoms with E-state index in [4.69, 9.17) is 0 Å². The van der Waals surface area contributed by atoms with Gasteiger partial charge in [-0.15, -0.1) is 0 Å². The van der Waals surface area contributed by atoms with E-state index in [-0.39, 0.29) is 5.91 Å². The SMILES string of the molecule is N#Cc1ccccc1Sc1ccccc1C(=O)Nc1ccc(Br)cc1. The fourth-order valence-corrected chi connectivity index (χ4v) is 3.53. The van der Waals surface area contributed by atoms with Crippen molar-refractivity contribution in [3.05, 3.63) is 88.4 Å². The second-order valence-corrected chi connectivity index (χ2v) is 7.17. The minimum Gasteiger partial charge on any atom is -0.322 e. The summed E-state index contributed by atoms with van der Waals surface area (Å²) >= 11 is 4.79. The molecular weight excluding hydrogens is 396 g/mol. The Labute approximate surface area is 158 Å². The fraction of sp³-hybridized carbons (Fsp3) is 0. The first kappa shape index (κ1) is 17.3. The average molecular weight is 409 g/mol. The summed E-state index contributed by atoms with van der Waals surface area (Å²) in [4.78, 5) is 14.3. The van der Waals surface area contributed by atoms with Gasteiger partial charge in [0.15, 0.2) is 0 Å². The normalized spacial score (nSPS) is 10.1. The van der Waals surface area contributed by atoms with Gasteiger partial charge < -0.3 is 5.32 Å². The van der Waals surface area contributed by atoms with Crippen molar-refractivity contribution in [2.45, 2.75) is 9.79 Å². The Morgan fingerprint density at radius 1 is 0.920 bits per heavy atom. The molecule has 3 rings (SSSR count). The van der Waals surface area contributed by atoms with Crippen LogP contribution in [0, 0.1) is 11.3 Å². The van der Waals surface area contributed by atoms with Gasteiger partial charge in [-0.05, 0) is 48.5 Å². The van der Waals surface area contributed by atoms with Gasteiger partial charge in [0, 0.05) is 20.0 Å². The molecule has 0 heterocycles. The van der Waals surface area contributed by atoms with Crippen LogP contribution in [-0.4, -0.2) is 5.91 Å². The van der Waals surface area contributed by atoms with Gasteiger partial charge in [0.2, 0.25) is 0 Å². The van der Waals surface area contributed by atoms with E-state index in [2.05, 4.69) is 27.3 Å². The van der Waals surface area contributed by atoms with E-state index in [9.17, 15) is 10.1 Å². The highest BCUT2D eigenvalue weighted by atomic mass is 79.9. The number of carbonyl (C=O) groups is 1. The van der Waals surface area contributed by atoms with Crippen molar-refractivity contribution in [3.8, 4) is 6.07 Å². The van der Waals surface area contributed by atoms with Gasteiger partial charge in [-0.2, -0.15) is 5.26 Å². The Morgan fingerprint density at radius 2 is 1.56 bits per heavy atom. The maximum Gasteiger partial charge on any atom is 0.256 e. The summed E-state index contributed by atoms with van der Waals surface area (Å²) in [5.41, 5.74) is 1.89. The number of carbonyl (C=O) groups excluding carboxylic acids is 1. The van der Waals surface area contributed by atoms with Crippen LogP contribution in [0.5, 0.6) is 0 Å². The van der Waals surface area contributed by atoms with Crippen molar-refractivity contribution < 1.29 is 4.79 Å². The summed E-state index contributed by atoms with van der Waals surface area (Å²) in [6.45, 7) is 0. The molecule has 0 aliphatic heterocycles. The maximum atomic E-state index is 12.7. The minimum absolute atomic E-state index is 0.181. The lowest BCUT2D eigenvalue weighted by atomic mass is 10.2. The molecule has 3 aromatic carbocycles. The third kappa shape index (κ3) is 4.30. The molecule has 1 N–H and O–H groups in total. The quantitative estimate of drug-likeness (QED) is 0.599. The Bertz CT molecular complexity index is 948. The molecular formula is C20H13BrN2OS. The highest BCUT2D eigenvalue weighted by molar-refractivity contribution is 9.10. The lowest BCUT2D eigenvalue weighted by molar-refractivity contribution is 0.102. The zero-order valence-corrected chi connectivity index (χ0v) is 15.5. The molecule has 0 unspecified atom stereocenters. The van der Waals surface area contributed by atoms with Crippen LogP contribution >= 0.6 is 27.7 Å². The zero-order chi connectivity index (χ0) is 17.6. The van der Waals surface area contributed by atoms with E-state index in [1.54, 1.807) is 12.1 Å². The molecule has 0 aliphatic rings. The van der Waals surface area contributed by atoms with Crippen LogP contribution < -0.4 is 5.32 Å². The van der Waals surface area contributed by atoms with Crippen molar-refractivity contribution in [2.24, 2.45) is 0 Å². The lowest BCUT2D eigenvalue weighted by Crippen LogP contribution is -2.12. The molecule has 0 aliphatic carbocycles. The topological polar surface area (TPSA) is 52.9 Å². The predicted molar refractivity (Wildman–Crippen MR) is 104 cm³/mol. The van der Waals surface area contributed by atoms with Gasteiger partial charge in [0.05, 0.1) is 11.1 Å². The first-order valence-corrected chi connectivity index (χ1v) is 9.11. The molecule has 3 nitrogen and oxygen atoms in total. The first-order chi connectivity index (χ1) is 12.2. The largest absolute Gasteiger partial charge is 0.322 e. The van der Waals surface area contributed by atoms with E-state index < -0.39 is 0 Å². The number of nitriles is 1. The summed E-state index contributed by atoms with van der Waals surface area (Å²) in [6, 6.07) is 24.3. The lowest BCUT2D eigenvalue weighted by Gasteiger charge is -2.10. The number of amides is 1. The zero-order valence-electron chi connectivity index (χ0n) is 13.1. The van der Waals surface area contributed by atoms with Crippen LogP contribution in [0.2, 0.25) is 0 Å². The van der Waals surface area contributed by atoms with Crippen molar-refractivity contribution in [1.29, 1.82) is 5.26 Å². The van der Waals surface area contributed by atoms with Crippen LogP contribution in [0.15, 0.2) is 87.1 Å². The number of hydrogen-bond acceptors (Lipinski definition) is 3. The summed E-state index contributed by atoms with van der Waals surface area (Å²) in [7, 11) is 0. The van der Waals surface area contributed by atoms with E-state index in [1.807, 2.05) is 60.7 Å². The Balaban J connectivity index is 1.86. The third-order valence-electron chi connectivity index (χ3n) is 3.46. The monoisotopic (exact) mass is 408 g/mol. The Morgan fingerprint density at radius 3 is 2.28 bits per heavy atom. The molecule has 0 radical (unpaired) electrons. The van der Waals surface area contributed by atoms with Gasteiger partial charge in [-0.1, -0.05) is 52.0 Å². The molecule has 0 saturated heterocycles. The summed E-state index contributed by atoms with van der Waals surface area (Å²) in [5, 5.41) is 12.1. The highest BCUT2D eigenvalue weighted by Gasteiger charge is 2.13. The number of benzene rings is 3. The Hall–Kier alpha value is -2.55. The maximum absolute atomic E-state index is 12.7. The number of rotatable bonds is 4. The van der Waals surface area contributed by atoms with Gasteiger partial charge >= 0.3 is 0 Å². The van der Waals surface area contributed by atoms with E-state index >= 15 is 0 Å². The number of nitrogens with zero attached hydrogens (tertiary/aromatic N) is 1. The minimum atomic E-state index is -0.181. The molecule has 0 atom stereocenters. The first-order valence-electron chi connectivity index (χ1n) is 7.50. The molecule has 122 valence electrons. The van der Waals surface area contributed by atoms with Crippen LogP contribution in [0.1, 0.15) is 15.9 Å². The standard InChI is InChI=1S/C20H13BrN2OS/c21-15-9-11-16(12-10-15)23-20(24)17-6-2-4-8-19(17)25-18-7-3-1-5-14(18)13-22/h1-12H,(H,23,24). The van der Waals surface area contributed by atoms with Crippen molar-refractivity contribution in [1.82, 2.24) is 0 Å². The average Bonchev–Trinajstić information content (AvgIpc) is 2.64. The van der Waals surface area contributed by atoms with Gasteiger partial charge in [-0.3, -0.25) is 4.79 Å². The molecule has 0 bridgehead atoms. The second kappa shape index (κ2) is 8.02. The molecule has 1 amide bonds.